The number of carbonyl (C=O) groups excluding carboxylic acids is 1. The molecule has 0 aliphatic carbocycles. The molecule has 0 fully saturated rings. The number of allylic oxidation sites excluding steroid dienone is 1. The number of carboxylic acid groups (broad SMARTS) is 1. The number of carboxylic acids is 1. The van der Waals surface area contributed by atoms with Crippen molar-refractivity contribution in [2.45, 2.75) is 18.7 Å². The van der Waals surface area contributed by atoms with Gasteiger partial charge in [-0.15, -0.1) is 11.8 Å². The second kappa shape index (κ2) is 7.76. The van der Waals surface area contributed by atoms with E-state index in [0.717, 1.165) is 10.5 Å². The third kappa shape index (κ3) is 4.06. The zero-order valence-corrected chi connectivity index (χ0v) is 15.5. The number of halogens is 1. The fourth-order valence-corrected chi connectivity index (χ4v) is 3.63. The zero-order valence-electron chi connectivity index (χ0n) is 14.0. The van der Waals surface area contributed by atoms with Crippen molar-refractivity contribution in [2.24, 2.45) is 0 Å². The van der Waals surface area contributed by atoms with Gasteiger partial charge in [-0.25, -0.2) is 4.79 Å². The Morgan fingerprint density at radius 3 is 2.44 bits per heavy atom. The molecule has 2 rings (SSSR count). The van der Waals surface area contributed by atoms with Gasteiger partial charge in [0.05, 0.1) is 11.1 Å². The maximum absolute atomic E-state index is 12.3. The minimum atomic E-state index is -0.969. The minimum absolute atomic E-state index is 0.155. The molecule has 0 aliphatic rings. The molecule has 25 heavy (non-hydrogen) atoms. The summed E-state index contributed by atoms with van der Waals surface area (Å²) in [7, 11) is 0. The second-order valence-electron chi connectivity index (χ2n) is 5.48. The van der Waals surface area contributed by atoms with Crippen LogP contribution in [0.1, 0.15) is 37.4 Å². The lowest BCUT2D eigenvalue weighted by Crippen LogP contribution is -2.05. The lowest BCUT2D eigenvalue weighted by molar-refractivity contribution is 0.0694. The maximum Gasteiger partial charge on any atom is 0.336 e. The number of hydrogen-bond donors (Lipinski definition) is 2. The van der Waals surface area contributed by atoms with Gasteiger partial charge in [0.25, 0.3) is 0 Å². The fraction of sp³-hybridized carbons (Fsp3) is 0.158. The Balaban J connectivity index is 2.44. The Bertz CT molecular complexity index is 887. The summed E-state index contributed by atoms with van der Waals surface area (Å²) in [5.74, 6) is -1.51. The van der Waals surface area contributed by atoms with Gasteiger partial charge in [-0.2, -0.15) is 0 Å². The fourth-order valence-electron chi connectivity index (χ4n) is 2.69. The van der Waals surface area contributed by atoms with Crippen LogP contribution < -0.4 is 0 Å². The van der Waals surface area contributed by atoms with Crippen LogP contribution in [-0.2, 0) is 0 Å². The minimum Gasteiger partial charge on any atom is -0.507 e. The van der Waals surface area contributed by atoms with Crippen LogP contribution in [0.4, 0.5) is 0 Å². The van der Waals surface area contributed by atoms with Crippen molar-refractivity contribution in [3.8, 4) is 5.75 Å². The summed E-state index contributed by atoms with van der Waals surface area (Å²) in [6, 6.07) is 6.05. The quantitative estimate of drug-likeness (QED) is 0.437. The van der Waals surface area contributed by atoms with Gasteiger partial charge in [0.2, 0.25) is 0 Å². The first kappa shape index (κ1) is 19.1. The third-order valence-electron chi connectivity index (χ3n) is 3.80. The normalized spacial score (nSPS) is 11.0. The first-order chi connectivity index (χ1) is 11.8. The molecule has 0 aromatic heterocycles. The van der Waals surface area contributed by atoms with Crippen molar-refractivity contribution < 1.29 is 19.8 Å². The maximum atomic E-state index is 12.3. The number of rotatable bonds is 5. The molecule has 0 spiro atoms. The summed E-state index contributed by atoms with van der Waals surface area (Å²) in [6.07, 6.45) is 4.85. The van der Waals surface area contributed by atoms with Crippen molar-refractivity contribution >= 4 is 41.2 Å². The van der Waals surface area contributed by atoms with Gasteiger partial charge >= 0.3 is 5.97 Å². The molecule has 0 bridgehead atoms. The zero-order chi connectivity index (χ0) is 18.7. The van der Waals surface area contributed by atoms with E-state index >= 15 is 0 Å². The Labute approximate surface area is 155 Å². The first-order valence-electron chi connectivity index (χ1n) is 7.38. The Kier molecular flexibility index (Phi) is 5.93. The van der Waals surface area contributed by atoms with Gasteiger partial charge < -0.3 is 10.2 Å². The van der Waals surface area contributed by atoms with Crippen LogP contribution in [0.5, 0.6) is 5.75 Å². The van der Waals surface area contributed by atoms with Crippen LogP contribution in [0.3, 0.4) is 0 Å². The SMILES string of the molecule is CSc1c(C=CC(=O)c2ccc(Cl)cc2O)cc(C)c(C(=O)O)c1C. The third-order valence-corrected chi connectivity index (χ3v) is 4.99. The van der Waals surface area contributed by atoms with Crippen LogP contribution >= 0.6 is 23.4 Å². The molecule has 2 aromatic carbocycles. The van der Waals surface area contributed by atoms with Crippen LogP contribution in [-0.4, -0.2) is 28.2 Å². The molecule has 0 amide bonds. The second-order valence-corrected chi connectivity index (χ2v) is 6.73. The van der Waals surface area contributed by atoms with Crippen LogP contribution in [0.2, 0.25) is 5.02 Å². The van der Waals surface area contributed by atoms with Crippen molar-refractivity contribution in [1.82, 2.24) is 0 Å². The van der Waals surface area contributed by atoms with Crippen molar-refractivity contribution in [3.05, 3.63) is 63.2 Å². The highest BCUT2D eigenvalue weighted by atomic mass is 35.5. The van der Waals surface area contributed by atoms with Gasteiger partial charge in [-0.05, 0) is 67.1 Å². The molecule has 130 valence electrons. The number of aryl methyl sites for hydroxylation is 1. The molecule has 0 saturated carbocycles. The van der Waals surface area contributed by atoms with E-state index in [9.17, 15) is 19.8 Å². The van der Waals surface area contributed by atoms with Gasteiger partial charge in [0, 0.05) is 9.92 Å². The summed E-state index contributed by atoms with van der Waals surface area (Å²) in [4.78, 5) is 24.5. The highest BCUT2D eigenvalue weighted by Gasteiger charge is 2.17. The Morgan fingerprint density at radius 2 is 1.88 bits per heavy atom. The first-order valence-corrected chi connectivity index (χ1v) is 8.99. The summed E-state index contributed by atoms with van der Waals surface area (Å²) >= 11 is 7.19. The molecule has 0 atom stereocenters. The molecule has 0 radical (unpaired) electrons. The van der Waals surface area contributed by atoms with Gasteiger partial charge in [0.1, 0.15) is 5.75 Å². The van der Waals surface area contributed by atoms with E-state index in [4.69, 9.17) is 11.6 Å². The average molecular weight is 377 g/mol. The van der Waals surface area contributed by atoms with Crippen LogP contribution in [0, 0.1) is 13.8 Å². The number of ketones is 1. The summed E-state index contributed by atoms with van der Waals surface area (Å²) in [6.45, 7) is 3.48. The Morgan fingerprint density at radius 1 is 1.20 bits per heavy atom. The summed E-state index contributed by atoms with van der Waals surface area (Å²) in [5.41, 5.74) is 2.49. The lowest BCUT2D eigenvalue weighted by Gasteiger charge is -2.13. The van der Waals surface area contributed by atoms with Gasteiger partial charge in [-0.1, -0.05) is 17.7 Å². The number of aromatic carboxylic acids is 1. The van der Waals surface area contributed by atoms with E-state index in [1.54, 1.807) is 26.0 Å². The van der Waals surface area contributed by atoms with Crippen LogP contribution in [0.15, 0.2) is 35.2 Å². The average Bonchev–Trinajstić information content (AvgIpc) is 2.52. The van der Waals surface area contributed by atoms with Crippen LogP contribution in [0.25, 0.3) is 6.08 Å². The predicted molar refractivity (Wildman–Crippen MR) is 101 cm³/mol. The molecule has 2 N–H and O–H groups in total. The number of phenols is 1. The monoisotopic (exact) mass is 376 g/mol. The topological polar surface area (TPSA) is 74.6 Å². The summed E-state index contributed by atoms with van der Waals surface area (Å²) in [5, 5.41) is 19.5. The molecule has 0 saturated heterocycles. The van der Waals surface area contributed by atoms with E-state index < -0.39 is 5.97 Å². The molecular weight excluding hydrogens is 360 g/mol. The van der Waals surface area contributed by atoms with Gasteiger partial charge in [0.15, 0.2) is 5.78 Å². The molecule has 6 heteroatoms. The molecule has 4 nitrogen and oxygen atoms in total. The van der Waals surface area contributed by atoms with E-state index in [1.807, 2.05) is 6.26 Å². The molecular formula is C19H17ClO4S. The van der Waals surface area contributed by atoms with Crippen molar-refractivity contribution in [1.29, 1.82) is 0 Å². The van der Waals surface area contributed by atoms with Gasteiger partial charge in [-0.3, -0.25) is 4.79 Å². The van der Waals surface area contributed by atoms with E-state index in [1.165, 1.54) is 36.0 Å². The summed E-state index contributed by atoms with van der Waals surface area (Å²) < 4.78 is 0. The Hall–Kier alpha value is -2.24. The number of thioether (sulfide) groups is 1. The number of carbonyl (C=O) groups is 2. The number of hydrogen-bond acceptors (Lipinski definition) is 4. The molecule has 2 aromatic rings. The van der Waals surface area contributed by atoms with E-state index in [2.05, 4.69) is 0 Å². The number of aromatic hydroxyl groups is 1. The molecule has 0 unspecified atom stereocenters. The largest absolute Gasteiger partial charge is 0.507 e. The number of benzene rings is 2. The predicted octanol–water partition coefficient (Wildman–Crippen LogP) is 4.98. The smallest absolute Gasteiger partial charge is 0.336 e. The standard InChI is InChI=1S/C19H17ClO4S/c1-10-8-12(18(25-3)11(2)17(10)19(23)24)4-7-15(21)14-6-5-13(20)9-16(14)22/h4-9,22H,1-3H3,(H,23,24). The van der Waals surface area contributed by atoms with Crippen molar-refractivity contribution in [3.63, 3.8) is 0 Å². The highest BCUT2D eigenvalue weighted by Crippen LogP contribution is 2.31. The van der Waals surface area contributed by atoms with E-state index in [-0.39, 0.29) is 22.7 Å². The highest BCUT2D eigenvalue weighted by molar-refractivity contribution is 7.98. The molecule has 0 aliphatic heterocycles. The number of phenolic OH excluding ortho intramolecular Hbond substituents is 1. The van der Waals surface area contributed by atoms with Crippen molar-refractivity contribution in [2.75, 3.05) is 6.26 Å². The lowest BCUT2D eigenvalue weighted by atomic mass is 9.98. The van der Waals surface area contributed by atoms with E-state index in [0.29, 0.717) is 16.1 Å². The molecule has 0 heterocycles.